The number of aromatic nitrogens is 1. The number of carbonyl (C=O) groups excluding carboxylic acids is 2. The zero-order chi connectivity index (χ0) is 17.5. The van der Waals surface area contributed by atoms with Gasteiger partial charge in [0.15, 0.2) is 0 Å². The molecule has 1 N–H and O–H groups in total. The largest absolute Gasteiger partial charge is 0.465 e. The molecule has 0 saturated carbocycles. The summed E-state index contributed by atoms with van der Waals surface area (Å²) in [5.41, 5.74) is -0.240. The normalized spacial score (nSPS) is 9.88. The Labute approximate surface area is 136 Å². The smallest absolute Gasteiger partial charge is 0.413 e. The number of methoxy groups -OCH3 is 1. The summed E-state index contributed by atoms with van der Waals surface area (Å²) >= 11 is 0. The summed E-state index contributed by atoms with van der Waals surface area (Å²) in [7, 11) is 1.09. The van der Waals surface area contributed by atoms with Crippen LogP contribution in [0, 0.1) is 10.1 Å². The van der Waals surface area contributed by atoms with Crippen LogP contribution in [0.3, 0.4) is 0 Å². The van der Waals surface area contributed by atoms with Crippen LogP contribution < -0.4 is 5.32 Å². The molecule has 0 bridgehead atoms. The maximum Gasteiger partial charge on any atom is 0.413 e. The number of anilines is 1. The van der Waals surface area contributed by atoms with Crippen molar-refractivity contribution in [2.24, 2.45) is 0 Å². The van der Waals surface area contributed by atoms with Crippen LogP contribution in [0.2, 0.25) is 0 Å². The fourth-order valence-corrected chi connectivity index (χ4v) is 1.86. The number of nitro groups is 1. The van der Waals surface area contributed by atoms with Gasteiger partial charge in [0, 0.05) is 6.20 Å². The van der Waals surface area contributed by atoms with E-state index in [2.05, 4.69) is 15.0 Å². The molecular formula is C15H13N3O6. The van der Waals surface area contributed by atoms with Gasteiger partial charge in [-0.25, -0.2) is 14.6 Å². The number of nitrogens with one attached hydrogen (secondary N) is 1. The zero-order valence-corrected chi connectivity index (χ0v) is 12.6. The lowest BCUT2D eigenvalue weighted by atomic mass is 10.2. The standard InChI is InChI=1S/C15H13N3O6/c1-23-14(19)11-7-8-16-13(12(11)18(21)22)17-15(20)24-9-10-5-3-2-4-6-10/h2-8H,9H2,1H3,(H,16,17,20). The number of benzene rings is 1. The van der Waals surface area contributed by atoms with Crippen molar-refractivity contribution in [2.45, 2.75) is 6.61 Å². The van der Waals surface area contributed by atoms with E-state index in [0.717, 1.165) is 24.9 Å². The van der Waals surface area contributed by atoms with Crippen LogP contribution in [-0.2, 0) is 16.1 Å². The summed E-state index contributed by atoms with van der Waals surface area (Å²) in [4.78, 5) is 37.5. The van der Waals surface area contributed by atoms with Crippen LogP contribution >= 0.6 is 0 Å². The van der Waals surface area contributed by atoms with Crippen LogP contribution in [0.15, 0.2) is 42.6 Å². The van der Waals surface area contributed by atoms with Gasteiger partial charge in [-0.1, -0.05) is 30.3 Å². The quantitative estimate of drug-likeness (QED) is 0.507. The molecule has 0 aliphatic heterocycles. The first kappa shape index (κ1) is 16.9. The zero-order valence-electron chi connectivity index (χ0n) is 12.6. The van der Waals surface area contributed by atoms with Gasteiger partial charge in [-0.2, -0.15) is 0 Å². The molecule has 124 valence electrons. The molecule has 1 heterocycles. The van der Waals surface area contributed by atoms with E-state index in [1.807, 2.05) is 6.07 Å². The lowest BCUT2D eigenvalue weighted by Gasteiger charge is -2.08. The minimum atomic E-state index is -0.934. The van der Waals surface area contributed by atoms with Gasteiger partial charge in [0.2, 0.25) is 5.82 Å². The first-order valence-corrected chi connectivity index (χ1v) is 6.72. The summed E-state index contributed by atoms with van der Waals surface area (Å²) in [5, 5.41) is 13.3. The molecule has 0 unspecified atom stereocenters. The summed E-state index contributed by atoms with van der Waals surface area (Å²) in [5.74, 6) is -1.31. The lowest BCUT2D eigenvalue weighted by Crippen LogP contribution is -2.17. The number of amides is 1. The number of ether oxygens (including phenoxy) is 2. The van der Waals surface area contributed by atoms with E-state index in [-0.39, 0.29) is 12.2 Å². The van der Waals surface area contributed by atoms with Crippen molar-refractivity contribution in [2.75, 3.05) is 12.4 Å². The van der Waals surface area contributed by atoms with Gasteiger partial charge >= 0.3 is 17.7 Å². The van der Waals surface area contributed by atoms with Gasteiger partial charge in [-0.3, -0.25) is 15.4 Å². The van der Waals surface area contributed by atoms with Gasteiger partial charge < -0.3 is 9.47 Å². The van der Waals surface area contributed by atoms with Crippen molar-refractivity contribution in [3.8, 4) is 0 Å². The van der Waals surface area contributed by atoms with Crippen LogP contribution in [0.5, 0.6) is 0 Å². The monoisotopic (exact) mass is 331 g/mol. The van der Waals surface area contributed by atoms with Gasteiger partial charge in [0.1, 0.15) is 12.2 Å². The Balaban J connectivity index is 2.15. The highest BCUT2D eigenvalue weighted by atomic mass is 16.6. The Bertz CT molecular complexity index is 763. The maximum atomic E-state index is 11.8. The molecule has 24 heavy (non-hydrogen) atoms. The first-order valence-electron chi connectivity index (χ1n) is 6.72. The van der Waals surface area contributed by atoms with E-state index in [9.17, 15) is 19.7 Å². The van der Waals surface area contributed by atoms with E-state index in [0.29, 0.717) is 0 Å². The van der Waals surface area contributed by atoms with Crippen molar-refractivity contribution >= 4 is 23.6 Å². The van der Waals surface area contributed by atoms with E-state index >= 15 is 0 Å². The molecule has 9 nitrogen and oxygen atoms in total. The Kier molecular flexibility index (Phi) is 5.40. The van der Waals surface area contributed by atoms with Crippen molar-refractivity contribution < 1.29 is 24.0 Å². The Morgan fingerprint density at radius 1 is 1.25 bits per heavy atom. The second-order valence-corrected chi connectivity index (χ2v) is 4.49. The molecule has 1 aromatic carbocycles. The number of hydrogen-bond acceptors (Lipinski definition) is 7. The predicted molar refractivity (Wildman–Crippen MR) is 82.5 cm³/mol. The Morgan fingerprint density at radius 3 is 2.58 bits per heavy atom. The Hall–Kier alpha value is -3.49. The average molecular weight is 331 g/mol. The fourth-order valence-electron chi connectivity index (χ4n) is 1.86. The Morgan fingerprint density at radius 2 is 1.96 bits per heavy atom. The molecule has 1 aromatic heterocycles. The van der Waals surface area contributed by atoms with Gasteiger partial charge in [-0.05, 0) is 11.6 Å². The molecule has 9 heteroatoms. The first-order chi connectivity index (χ1) is 11.5. The molecule has 0 fully saturated rings. The van der Waals surface area contributed by atoms with E-state index in [4.69, 9.17) is 4.74 Å². The third-order valence-corrected chi connectivity index (χ3v) is 2.95. The summed E-state index contributed by atoms with van der Waals surface area (Å²) in [6.45, 7) is -0.0167. The molecule has 0 radical (unpaired) electrons. The van der Waals surface area contributed by atoms with Crippen molar-refractivity contribution in [3.05, 3.63) is 63.8 Å². The highest BCUT2D eigenvalue weighted by molar-refractivity contribution is 5.98. The predicted octanol–water partition coefficient (Wildman–Crippen LogP) is 2.53. The second kappa shape index (κ2) is 7.68. The SMILES string of the molecule is COC(=O)c1ccnc(NC(=O)OCc2ccccc2)c1[N+](=O)[O-]. The van der Waals surface area contributed by atoms with Crippen molar-refractivity contribution in [3.63, 3.8) is 0 Å². The third-order valence-electron chi connectivity index (χ3n) is 2.95. The molecule has 0 aliphatic carbocycles. The van der Waals surface area contributed by atoms with E-state index in [1.165, 1.54) is 0 Å². The van der Waals surface area contributed by atoms with Gasteiger partial charge in [-0.15, -0.1) is 0 Å². The topological polar surface area (TPSA) is 121 Å². The lowest BCUT2D eigenvalue weighted by molar-refractivity contribution is -0.384. The van der Waals surface area contributed by atoms with Crippen LogP contribution in [0.4, 0.5) is 16.3 Å². The maximum absolute atomic E-state index is 11.8. The molecule has 2 aromatic rings. The number of carbonyl (C=O) groups is 2. The minimum Gasteiger partial charge on any atom is -0.465 e. The average Bonchev–Trinajstić information content (AvgIpc) is 2.59. The second-order valence-electron chi connectivity index (χ2n) is 4.49. The number of rotatable bonds is 5. The number of esters is 1. The molecule has 0 atom stereocenters. The van der Waals surface area contributed by atoms with Crippen LogP contribution in [-0.4, -0.2) is 29.1 Å². The number of nitrogens with zero attached hydrogens (tertiary/aromatic N) is 2. The number of hydrogen-bond donors (Lipinski definition) is 1. The van der Waals surface area contributed by atoms with Gasteiger partial charge in [0.25, 0.3) is 0 Å². The summed E-state index contributed by atoms with van der Waals surface area (Å²) in [6, 6.07) is 10.0. The minimum absolute atomic E-state index is 0.0167. The summed E-state index contributed by atoms with van der Waals surface area (Å²) < 4.78 is 9.44. The van der Waals surface area contributed by atoms with E-state index in [1.54, 1.807) is 24.3 Å². The van der Waals surface area contributed by atoms with Crippen LogP contribution in [0.1, 0.15) is 15.9 Å². The molecular weight excluding hydrogens is 318 g/mol. The van der Waals surface area contributed by atoms with Crippen molar-refractivity contribution in [1.82, 2.24) is 4.98 Å². The van der Waals surface area contributed by atoms with Gasteiger partial charge in [0.05, 0.1) is 12.0 Å². The molecule has 2 rings (SSSR count). The highest BCUT2D eigenvalue weighted by Crippen LogP contribution is 2.27. The fraction of sp³-hybridized carbons (Fsp3) is 0.133. The molecule has 1 amide bonds. The van der Waals surface area contributed by atoms with E-state index < -0.39 is 28.5 Å². The summed E-state index contributed by atoms with van der Waals surface area (Å²) in [6.07, 6.45) is 0.211. The third kappa shape index (κ3) is 4.03. The van der Waals surface area contributed by atoms with Crippen LogP contribution in [0.25, 0.3) is 0 Å². The molecule has 0 saturated heterocycles. The van der Waals surface area contributed by atoms with Crippen molar-refractivity contribution in [1.29, 1.82) is 0 Å². The highest BCUT2D eigenvalue weighted by Gasteiger charge is 2.27. The number of pyridine rings is 1. The molecule has 0 spiro atoms. The molecule has 0 aliphatic rings.